The van der Waals surface area contributed by atoms with Gasteiger partial charge in [0.15, 0.2) is 0 Å². The summed E-state index contributed by atoms with van der Waals surface area (Å²) >= 11 is 0. The predicted molar refractivity (Wildman–Crippen MR) is 97.6 cm³/mol. The van der Waals surface area contributed by atoms with Crippen molar-refractivity contribution in [3.05, 3.63) is 58.9 Å². The average Bonchev–Trinajstić information content (AvgIpc) is 2.45. The molecular formula is C19H26N2O2S. The third-order valence-electron chi connectivity index (χ3n) is 4.06. The van der Waals surface area contributed by atoms with Crippen LogP contribution in [0.3, 0.4) is 0 Å². The second kappa shape index (κ2) is 6.65. The van der Waals surface area contributed by atoms with Gasteiger partial charge in [-0.1, -0.05) is 39.0 Å². The Morgan fingerprint density at radius 1 is 1.08 bits per heavy atom. The number of hydrogen-bond donors (Lipinski definition) is 1. The molecule has 1 heterocycles. The van der Waals surface area contributed by atoms with Crippen LogP contribution >= 0.6 is 0 Å². The first kappa shape index (κ1) is 18.6. The van der Waals surface area contributed by atoms with Gasteiger partial charge in [0.05, 0.1) is 16.6 Å². The Hall–Kier alpha value is -1.72. The monoisotopic (exact) mass is 346 g/mol. The van der Waals surface area contributed by atoms with E-state index in [1.165, 1.54) is 0 Å². The highest BCUT2D eigenvalue weighted by atomic mass is 32.2. The van der Waals surface area contributed by atoms with Crippen molar-refractivity contribution in [2.45, 2.75) is 57.9 Å². The van der Waals surface area contributed by atoms with Gasteiger partial charge in [0.2, 0.25) is 10.0 Å². The summed E-state index contributed by atoms with van der Waals surface area (Å²) in [6.07, 6.45) is 1.66. The smallest absolute Gasteiger partial charge is 0.241 e. The molecule has 0 aliphatic carbocycles. The zero-order valence-corrected chi connectivity index (χ0v) is 16.0. The number of rotatable bonds is 4. The molecule has 130 valence electrons. The van der Waals surface area contributed by atoms with Gasteiger partial charge in [-0.15, -0.1) is 0 Å². The van der Waals surface area contributed by atoms with Crippen LogP contribution in [0.15, 0.2) is 41.4 Å². The highest BCUT2D eigenvalue weighted by Crippen LogP contribution is 2.29. The van der Waals surface area contributed by atoms with Crippen molar-refractivity contribution in [1.82, 2.24) is 9.71 Å². The molecule has 0 amide bonds. The highest BCUT2D eigenvalue weighted by Gasteiger charge is 2.25. The Labute approximate surface area is 145 Å². The lowest BCUT2D eigenvalue weighted by atomic mass is 9.85. The van der Waals surface area contributed by atoms with Crippen molar-refractivity contribution in [2.24, 2.45) is 0 Å². The third kappa shape index (κ3) is 4.02. The molecule has 2 rings (SSSR count). The minimum absolute atomic E-state index is 0.0213. The summed E-state index contributed by atoms with van der Waals surface area (Å²) in [6, 6.07) is 9.01. The number of hydrogen-bond acceptors (Lipinski definition) is 3. The molecule has 24 heavy (non-hydrogen) atoms. The largest absolute Gasteiger partial charge is 0.260 e. The Morgan fingerprint density at radius 3 is 2.12 bits per heavy atom. The average molecular weight is 346 g/mol. The van der Waals surface area contributed by atoms with E-state index < -0.39 is 16.1 Å². The van der Waals surface area contributed by atoms with Gasteiger partial charge in [0.1, 0.15) is 0 Å². The molecule has 1 aromatic heterocycles. The van der Waals surface area contributed by atoms with Gasteiger partial charge >= 0.3 is 0 Å². The Bertz CT molecular complexity index is 799. The summed E-state index contributed by atoms with van der Waals surface area (Å²) in [6.45, 7) is 11.9. The molecule has 5 heteroatoms. The molecule has 1 aromatic carbocycles. The van der Waals surface area contributed by atoms with Gasteiger partial charge < -0.3 is 0 Å². The molecule has 0 aliphatic rings. The van der Waals surface area contributed by atoms with Crippen LogP contribution < -0.4 is 4.72 Å². The van der Waals surface area contributed by atoms with Crippen LogP contribution in [-0.4, -0.2) is 13.4 Å². The quantitative estimate of drug-likeness (QED) is 0.909. The molecule has 0 bridgehead atoms. The van der Waals surface area contributed by atoms with Crippen LogP contribution in [0.2, 0.25) is 0 Å². The van der Waals surface area contributed by atoms with Gasteiger partial charge in [-0.25, -0.2) is 13.1 Å². The van der Waals surface area contributed by atoms with Gasteiger partial charge in [0, 0.05) is 6.20 Å². The number of benzene rings is 1. The van der Waals surface area contributed by atoms with E-state index in [4.69, 9.17) is 0 Å². The standard InChI is InChI=1S/C19H26N2O2S/c1-13-11-16(19(4,5)6)12-14(2)18(13)24(22,23)21-15(3)17-9-7-8-10-20-17/h7-12,15,21H,1-6H3. The van der Waals surface area contributed by atoms with Crippen molar-refractivity contribution >= 4 is 10.0 Å². The lowest BCUT2D eigenvalue weighted by Crippen LogP contribution is -2.29. The van der Waals surface area contributed by atoms with Gasteiger partial charge in [-0.2, -0.15) is 0 Å². The maximum Gasteiger partial charge on any atom is 0.241 e. The van der Waals surface area contributed by atoms with E-state index in [1.807, 2.05) is 44.2 Å². The molecule has 0 spiro atoms. The van der Waals surface area contributed by atoms with E-state index in [2.05, 4.69) is 30.5 Å². The van der Waals surface area contributed by atoms with Crippen LogP contribution in [0, 0.1) is 13.8 Å². The van der Waals surface area contributed by atoms with Crippen molar-refractivity contribution in [3.63, 3.8) is 0 Å². The zero-order chi connectivity index (χ0) is 18.1. The first-order valence-electron chi connectivity index (χ1n) is 8.07. The molecule has 0 aliphatic heterocycles. The fourth-order valence-corrected chi connectivity index (χ4v) is 4.46. The van der Waals surface area contributed by atoms with Crippen LogP contribution in [0.4, 0.5) is 0 Å². The molecule has 0 radical (unpaired) electrons. The summed E-state index contributed by atoms with van der Waals surface area (Å²) in [5, 5.41) is 0. The molecule has 0 saturated carbocycles. The number of aromatic nitrogens is 1. The maximum atomic E-state index is 12.9. The summed E-state index contributed by atoms with van der Waals surface area (Å²) in [7, 11) is -3.62. The number of sulfonamides is 1. The fraction of sp³-hybridized carbons (Fsp3) is 0.421. The van der Waals surface area contributed by atoms with Crippen LogP contribution in [0.5, 0.6) is 0 Å². The van der Waals surface area contributed by atoms with E-state index >= 15 is 0 Å². The molecule has 4 nitrogen and oxygen atoms in total. The highest BCUT2D eigenvalue weighted by molar-refractivity contribution is 7.89. The first-order valence-corrected chi connectivity index (χ1v) is 9.55. The van der Waals surface area contributed by atoms with Gasteiger partial charge in [-0.05, 0) is 55.0 Å². The van der Waals surface area contributed by atoms with Crippen molar-refractivity contribution < 1.29 is 8.42 Å². The summed E-state index contributed by atoms with van der Waals surface area (Å²) < 4.78 is 28.5. The van der Waals surface area contributed by atoms with E-state index in [-0.39, 0.29) is 5.41 Å². The van der Waals surface area contributed by atoms with E-state index in [9.17, 15) is 8.42 Å². The van der Waals surface area contributed by atoms with Crippen molar-refractivity contribution in [1.29, 1.82) is 0 Å². The first-order chi connectivity index (χ1) is 11.0. The lowest BCUT2D eigenvalue weighted by molar-refractivity contribution is 0.561. The van der Waals surface area contributed by atoms with E-state index in [0.29, 0.717) is 10.6 Å². The molecule has 1 unspecified atom stereocenters. The number of nitrogens with one attached hydrogen (secondary N) is 1. The topological polar surface area (TPSA) is 59.1 Å². The van der Waals surface area contributed by atoms with Crippen LogP contribution in [0.1, 0.15) is 56.1 Å². The normalized spacial score (nSPS) is 13.8. The molecular weight excluding hydrogens is 320 g/mol. The van der Waals surface area contributed by atoms with E-state index in [0.717, 1.165) is 16.7 Å². The summed E-state index contributed by atoms with van der Waals surface area (Å²) in [5.74, 6) is 0. The Balaban J connectivity index is 2.40. The molecule has 1 N–H and O–H groups in total. The summed E-state index contributed by atoms with van der Waals surface area (Å²) in [5.41, 5.74) is 3.34. The Morgan fingerprint density at radius 2 is 1.67 bits per heavy atom. The third-order valence-corrected chi connectivity index (χ3v) is 5.90. The molecule has 0 fully saturated rings. The number of nitrogens with zero attached hydrogens (tertiary/aromatic N) is 1. The molecule has 2 aromatic rings. The lowest BCUT2D eigenvalue weighted by Gasteiger charge is -2.23. The van der Waals surface area contributed by atoms with Gasteiger partial charge in [-0.3, -0.25) is 4.98 Å². The second-order valence-electron chi connectivity index (χ2n) is 7.29. The SMILES string of the molecule is Cc1cc(C(C)(C)C)cc(C)c1S(=O)(=O)NC(C)c1ccccn1. The van der Waals surface area contributed by atoms with Crippen LogP contribution in [0.25, 0.3) is 0 Å². The fourth-order valence-electron chi connectivity index (χ4n) is 2.79. The van der Waals surface area contributed by atoms with Crippen molar-refractivity contribution in [3.8, 4) is 0 Å². The summed E-state index contributed by atoms with van der Waals surface area (Å²) in [4.78, 5) is 4.58. The Kier molecular flexibility index (Phi) is 5.16. The van der Waals surface area contributed by atoms with Crippen molar-refractivity contribution in [2.75, 3.05) is 0 Å². The van der Waals surface area contributed by atoms with Crippen LogP contribution in [-0.2, 0) is 15.4 Å². The van der Waals surface area contributed by atoms with Gasteiger partial charge in [0.25, 0.3) is 0 Å². The van der Waals surface area contributed by atoms with E-state index in [1.54, 1.807) is 13.1 Å². The number of aryl methyl sites for hydroxylation is 2. The maximum absolute atomic E-state index is 12.9. The number of pyridine rings is 1. The minimum Gasteiger partial charge on any atom is -0.260 e. The minimum atomic E-state index is -3.62. The molecule has 1 atom stereocenters. The zero-order valence-electron chi connectivity index (χ0n) is 15.2. The second-order valence-corrected chi connectivity index (χ2v) is 8.94. The molecule has 0 saturated heterocycles. The predicted octanol–water partition coefficient (Wildman–Crippen LogP) is 4.04.